The number of carbonyl (C=O) groups is 1. The summed E-state index contributed by atoms with van der Waals surface area (Å²) in [6, 6.07) is 11.0. The number of nitrogens with two attached hydrogens (primary N) is 1. The summed E-state index contributed by atoms with van der Waals surface area (Å²) in [5.74, 6) is -0.453. The predicted molar refractivity (Wildman–Crippen MR) is 92.8 cm³/mol. The van der Waals surface area contributed by atoms with Crippen molar-refractivity contribution in [3.63, 3.8) is 0 Å². The first-order valence-electron chi connectivity index (χ1n) is 7.10. The molecular formula is C16H14F3N3O3S. The van der Waals surface area contributed by atoms with E-state index in [0.29, 0.717) is 11.4 Å². The molecule has 0 saturated heterocycles. The Morgan fingerprint density at radius 2 is 1.62 bits per heavy atom. The first kappa shape index (κ1) is 19.3. The Labute approximate surface area is 152 Å². The minimum absolute atomic E-state index is 0.0919. The molecule has 3 N–H and O–H groups in total. The molecule has 0 aliphatic carbocycles. The monoisotopic (exact) mass is 385 g/mol. The van der Waals surface area contributed by atoms with E-state index in [9.17, 15) is 18.0 Å². The molecule has 0 saturated carbocycles. The van der Waals surface area contributed by atoms with Gasteiger partial charge in [0.2, 0.25) is 0 Å². The molecule has 138 valence electrons. The minimum atomic E-state index is -4.80. The molecule has 0 fully saturated rings. The van der Waals surface area contributed by atoms with Crippen LogP contribution in [0.25, 0.3) is 0 Å². The van der Waals surface area contributed by atoms with Crippen LogP contribution in [0, 0.1) is 0 Å². The number of hydrogen-bond donors (Lipinski definition) is 2. The molecule has 26 heavy (non-hydrogen) atoms. The maximum atomic E-state index is 12.3. The Bertz CT molecular complexity index is 780. The van der Waals surface area contributed by atoms with Crippen LogP contribution in [0.5, 0.6) is 11.5 Å². The summed E-state index contributed by atoms with van der Waals surface area (Å²) in [6.07, 6.45) is -4.80. The van der Waals surface area contributed by atoms with Crippen LogP contribution in [0.1, 0.15) is 10.4 Å². The van der Waals surface area contributed by atoms with E-state index in [2.05, 4.69) is 10.2 Å². The summed E-state index contributed by atoms with van der Waals surface area (Å²) in [7, 11) is 1.51. The van der Waals surface area contributed by atoms with Crippen LogP contribution in [0.4, 0.5) is 18.9 Å². The number of ether oxygens (including phenoxy) is 2. The van der Waals surface area contributed by atoms with Gasteiger partial charge in [-0.05, 0) is 60.7 Å². The average molecular weight is 385 g/mol. The zero-order valence-corrected chi connectivity index (χ0v) is 14.2. The second-order valence-corrected chi connectivity index (χ2v) is 5.30. The van der Waals surface area contributed by atoms with Gasteiger partial charge in [0, 0.05) is 5.56 Å². The fourth-order valence-electron chi connectivity index (χ4n) is 1.95. The Balaban J connectivity index is 2.13. The molecule has 2 aromatic carbocycles. The third-order valence-electron chi connectivity index (χ3n) is 3.11. The highest BCUT2D eigenvalue weighted by Crippen LogP contribution is 2.23. The van der Waals surface area contributed by atoms with Crippen molar-refractivity contribution in [3.05, 3.63) is 54.1 Å². The van der Waals surface area contributed by atoms with Crippen LogP contribution >= 0.6 is 12.2 Å². The number of alkyl halides is 3. The van der Waals surface area contributed by atoms with Gasteiger partial charge in [0.1, 0.15) is 11.5 Å². The van der Waals surface area contributed by atoms with Crippen LogP contribution < -0.4 is 25.6 Å². The number of hydrazine groups is 1. The number of carbonyl (C=O) groups excluding carboxylic acids is 1. The molecule has 0 aliphatic heterocycles. The second kappa shape index (κ2) is 7.91. The van der Waals surface area contributed by atoms with Crippen LogP contribution in [-0.4, -0.2) is 24.5 Å². The molecule has 0 atom stereocenters. The van der Waals surface area contributed by atoms with Crippen molar-refractivity contribution in [1.82, 2.24) is 5.43 Å². The van der Waals surface area contributed by atoms with E-state index in [1.807, 2.05) is 0 Å². The van der Waals surface area contributed by atoms with E-state index in [4.69, 9.17) is 22.7 Å². The fourth-order valence-corrected chi connectivity index (χ4v) is 2.10. The Morgan fingerprint density at radius 1 is 1.08 bits per heavy atom. The van der Waals surface area contributed by atoms with E-state index < -0.39 is 18.0 Å². The number of benzene rings is 2. The van der Waals surface area contributed by atoms with E-state index in [1.54, 1.807) is 24.3 Å². The molecule has 0 unspecified atom stereocenters. The summed E-state index contributed by atoms with van der Waals surface area (Å²) >= 11 is 4.92. The van der Waals surface area contributed by atoms with Gasteiger partial charge in [-0.3, -0.25) is 10.2 Å². The normalized spacial score (nSPS) is 10.8. The summed E-state index contributed by atoms with van der Waals surface area (Å²) < 4.78 is 45.3. The topological polar surface area (TPSA) is 76.8 Å². The van der Waals surface area contributed by atoms with Crippen LogP contribution in [0.2, 0.25) is 0 Å². The molecule has 0 spiro atoms. The zero-order valence-electron chi connectivity index (χ0n) is 13.4. The van der Waals surface area contributed by atoms with Gasteiger partial charge in [0.05, 0.1) is 12.8 Å². The van der Waals surface area contributed by atoms with Crippen molar-refractivity contribution in [2.24, 2.45) is 5.73 Å². The lowest BCUT2D eigenvalue weighted by Crippen LogP contribution is -2.49. The number of nitrogens with one attached hydrogen (secondary N) is 1. The van der Waals surface area contributed by atoms with E-state index in [1.165, 1.54) is 19.2 Å². The molecule has 6 nitrogen and oxygen atoms in total. The molecule has 0 aromatic heterocycles. The number of nitrogens with zero attached hydrogens (tertiary/aromatic N) is 1. The smallest absolute Gasteiger partial charge is 0.497 e. The van der Waals surface area contributed by atoms with Gasteiger partial charge < -0.3 is 15.2 Å². The molecule has 0 radical (unpaired) electrons. The summed E-state index contributed by atoms with van der Waals surface area (Å²) in [5, 5.41) is 1.04. The van der Waals surface area contributed by atoms with E-state index >= 15 is 0 Å². The van der Waals surface area contributed by atoms with Crippen LogP contribution in [0.3, 0.4) is 0 Å². The molecular weight excluding hydrogens is 371 g/mol. The number of hydrogen-bond acceptors (Lipinski definition) is 4. The highest BCUT2D eigenvalue weighted by atomic mass is 32.1. The van der Waals surface area contributed by atoms with Gasteiger partial charge in [-0.1, -0.05) is 0 Å². The highest BCUT2D eigenvalue weighted by Gasteiger charge is 2.31. The van der Waals surface area contributed by atoms with Gasteiger partial charge in [0.15, 0.2) is 5.11 Å². The number of methoxy groups -OCH3 is 1. The van der Waals surface area contributed by atoms with Gasteiger partial charge in [-0.25, -0.2) is 5.01 Å². The van der Waals surface area contributed by atoms with Gasteiger partial charge in [0.25, 0.3) is 5.91 Å². The number of thiocarbonyl (C=S) groups is 1. The van der Waals surface area contributed by atoms with Crippen molar-refractivity contribution in [3.8, 4) is 11.5 Å². The summed E-state index contributed by atoms with van der Waals surface area (Å²) in [6.45, 7) is 0. The van der Waals surface area contributed by atoms with E-state index in [0.717, 1.165) is 17.1 Å². The highest BCUT2D eigenvalue weighted by molar-refractivity contribution is 7.80. The lowest BCUT2D eigenvalue weighted by molar-refractivity contribution is -0.274. The first-order chi connectivity index (χ1) is 12.2. The van der Waals surface area contributed by atoms with Crippen molar-refractivity contribution in [2.75, 3.05) is 12.1 Å². The molecule has 10 heteroatoms. The van der Waals surface area contributed by atoms with E-state index in [-0.39, 0.29) is 10.7 Å². The largest absolute Gasteiger partial charge is 0.573 e. The van der Waals surface area contributed by atoms with Gasteiger partial charge >= 0.3 is 6.36 Å². The third kappa shape index (κ3) is 5.24. The average Bonchev–Trinajstić information content (AvgIpc) is 2.58. The summed E-state index contributed by atoms with van der Waals surface area (Å²) in [5.41, 5.74) is 8.67. The molecule has 0 bridgehead atoms. The fraction of sp³-hybridized carbons (Fsp3) is 0.125. The van der Waals surface area contributed by atoms with Crippen LogP contribution in [0.15, 0.2) is 48.5 Å². The summed E-state index contributed by atoms with van der Waals surface area (Å²) in [4.78, 5) is 12.3. The second-order valence-electron chi connectivity index (χ2n) is 4.88. The Morgan fingerprint density at radius 3 is 2.08 bits per heavy atom. The number of rotatable bonds is 4. The number of halogens is 3. The molecule has 2 rings (SSSR count). The third-order valence-corrected chi connectivity index (χ3v) is 3.30. The Kier molecular flexibility index (Phi) is 5.88. The lowest BCUT2D eigenvalue weighted by Gasteiger charge is -2.23. The van der Waals surface area contributed by atoms with Crippen molar-refractivity contribution >= 4 is 28.9 Å². The van der Waals surface area contributed by atoms with Gasteiger partial charge in [-0.15, -0.1) is 13.2 Å². The van der Waals surface area contributed by atoms with Crippen molar-refractivity contribution < 1.29 is 27.4 Å². The van der Waals surface area contributed by atoms with Crippen LogP contribution in [-0.2, 0) is 0 Å². The number of anilines is 1. The predicted octanol–water partition coefficient (Wildman–Crippen LogP) is 2.99. The molecule has 1 amide bonds. The molecule has 0 aliphatic rings. The quantitative estimate of drug-likeness (QED) is 0.623. The van der Waals surface area contributed by atoms with Crippen molar-refractivity contribution in [2.45, 2.75) is 6.36 Å². The maximum Gasteiger partial charge on any atom is 0.573 e. The standard InChI is InChI=1S/C16H14F3N3O3S/c1-24-12-8-4-11(5-9-12)22(15(20)26)21-14(23)10-2-6-13(7-3-10)25-16(17,18)19/h2-9H,1H3,(H2,20,26)(H,21,23). The molecule has 0 heterocycles. The lowest BCUT2D eigenvalue weighted by atomic mass is 10.2. The SMILES string of the molecule is COc1ccc(N(NC(=O)c2ccc(OC(F)(F)F)cc2)C(N)=S)cc1. The first-order valence-corrected chi connectivity index (χ1v) is 7.51. The number of amides is 1. The minimum Gasteiger partial charge on any atom is -0.497 e. The Hall–Kier alpha value is -3.01. The molecule has 2 aromatic rings. The van der Waals surface area contributed by atoms with Crippen molar-refractivity contribution in [1.29, 1.82) is 0 Å². The zero-order chi connectivity index (χ0) is 19.3. The maximum absolute atomic E-state index is 12.3. The van der Waals surface area contributed by atoms with Gasteiger partial charge in [-0.2, -0.15) is 0 Å².